The molecule has 2 aromatic carbocycles. The Bertz CT molecular complexity index is 973. The van der Waals surface area contributed by atoms with Crippen LogP contribution in [-0.2, 0) is 14.8 Å². The Balaban J connectivity index is 2.28. The molecule has 0 unspecified atom stereocenters. The lowest BCUT2D eigenvalue weighted by Gasteiger charge is -2.25. The van der Waals surface area contributed by atoms with Gasteiger partial charge < -0.3 is 14.8 Å². The highest BCUT2D eigenvalue weighted by Gasteiger charge is 2.31. The summed E-state index contributed by atoms with van der Waals surface area (Å²) < 4.78 is 37.5. The minimum Gasteiger partial charge on any atom is -0.492 e. The topological polar surface area (TPSA) is 84.9 Å². The molecule has 0 fully saturated rings. The first-order valence-corrected chi connectivity index (χ1v) is 10.7. The van der Waals surface area contributed by atoms with Crippen molar-refractivity contribution in [2.75, 3.05) is 26.0 Å². The monoisotopic (exact) mass is 440 g/mol. The van der Waals surface area contributed by atoms with Crippen LogP contribution in [0.5, 0.6) is 11.5 Å². The van der Waals surface area contributed by atoms with Gasteiger partial charge in [-0.1, -0.05) is 11.6 Å². The van der Waals surface area contributed by atoms with Crippen LogP contribution in [0.2, 0.25) is 5.02 Å². The Kier molecular flexibility index (Phi) is 7.15. The summed E-state index contributed by atoms with van der Waals surface area (Å²) in [6.45, 7) is 5.30. The highest BCUT2D eigenvalue weighted by Crippen LogP contribution is 2.30. The van der Waals surface area contributed by atoms with Gasteiger partial charge in [-0.15, -0.1) is 0 Å². The molecular weight excluding hydrogens is 416 g/mol. The molecule has 0 saturated carbocycles. The van der Waals surface area contributed by atoms with Gasteiger partial charge in [-0.25, -0.2) is 12.7 Å². The van der Waals surface area contributed by atoms with Crippen molar-refractivity contribution in [1.29, 1.82) is 0 Å². The molecule has 0 aromatic heterocycles. The number of nitrogens with one attached hydrogen (secondary N) is 1. The van der Waals surface area contributed by atoms with Gasteiger partial charge in [-0.05, 0) is 63.2 Å². The van der Waals surface area contributed by atoms with E-state index in [-0.39, 0.29) is 10.6 Å². The Hall–Kier alpha value is -2.29. The maximum absolute atomic E-state index is 12.8. The molecular formula is C20H25ClN2O5S. The molecule has 0 atom stereocenters. The molecule has 2 aromatic rings. The Morgan fingerprint density at radius 2 is 1.76 bits per heavy atom. The minimum atomic E-state index is -3.76. The van der Waals surface area contributed by atoms with Crippen molar-refractivity contribution in [2.45, 2.75) is 31.3 Å². The van der Waals surface area contributed by atoms with Crippen LogP contribution < -0.4 is 14.8 Å². The van der Waals surface area contributed by atoms with Crippen molar-refractivity contribution in [1.82, 2.24) is 4.31 Å². The van der Waals surface area contributed by atoms with Gasteiger partial charge in [-0.3, -0.25) is 4.79 Å². The van der Waals surface area contributed by atoms with Crippen molar-refractivity contribution in [3.05, 3.63) is 47.5 Å². The smallest absolute Gasteiger partial charge is 0.267 e. The quantitative estimate of drug-likeness (QED) is 0.675. The Morgan fingerprint density at radius 1 is 1.14 bits per heavy atom. The molecule has 0 radical (unpaired) electrons. The molecule has 9 heteroatoms. The largest absolute Gasteiger partial charge is 0.492 e. The molecule has 0 heterocycles. The summed E-state index contributed by atoms with van der Waals surface area (Å²) >= 11 is 5.86. The van der Waals surface area contributed by atoms with Gasteiger partial charge in [0.15, 0.2) is 5.60 Å². The van der Waals surface area contributed by atoms with Crippen molar-refractivity contribution in [2.24, 2.45) is 0 Å². The van der Waals surface area contributed by atoms with Crippen LogP contribution >= 0.6 is 11.6 Å². The zero-order valence-electron chi connectivity index (χ0n) is 17.0. The molecule has 0 bridgehead atoms. The molecule has 1 N–H and O–H groups in total. The highest BCUT2D eigenvalue weighted by molar-refractivity contribution is 7.89. The fraction of sp³-hybridized carbons (Fsp3) is 0.350. The molecule has 0 aliphatic heterocycles. The third-order valence-corrected chi connectivity index (χ3v) is 6.08. The number of rotatable bonds is 8. The third kappa shape index (κ3) is 5.62. The van der Waals surface area contributed by atoms with Crippen molar-refractivity contribution in [3.63, 3.8) is 0 Å². The SMILES string of the molecule is CCOc1ccc(NC(=O)C(C)(C)Oc2ccc(Cl)cc2)cc1S(=O)(=O)N(C)C. The number of anilines is 1. The Labute approximate surface area is 176 Å². The fourth-order valence-corrected chi connectivity index (χ4v) is 3.56. The average Bonchev–Trinajstić information content (AvgIpc) is 2.64. The molecule has 158 valence electrons. The van der Waals surface area contributed by atoms with Gasteiger partial charge in [0.1, 0.15) is 16.4 Å². The predicted octanol–water partition coefficient (Wildman–Crippen LogP) is 3.79. The first-order valence-electron chi connectivity index (χ1n) is 8.93. The Morgan fingerprint density at radius 3 is 2.31 bits per heavy atom. The van der Waals surface area contributed by atoms with Crippen LogP contribution in [0, 0.1) is 0 Å². The van der Waals surface area contributed by atoms with E-state index < -0.39 is 21.5 Å². The zero-order valence-corrected chi connectivity index (χ0v) is 18.6. The maximum atomic E-state index is 12.8. The molecule has 0 saturated heterocycles. The van der Waals surface area contributed by atoms with Crippen LogP contribution in [0.25, 0.3) is 0 Å². The molecule has 0 spiro atoms. The van der Waals surface area contributed by atoms with E-state index in [1.54, 1.807) is 51.1 Å². The van der Waals surface area contributed by atoms with E-state index in [0.29, 0.717) is 23.1 Å². The second-order valence-corrected chi connectivity index (χ2v) is 9.46. The van der Waals surface area contributed by atoms with E-state index in [1.165, 1.54) is 26.2 Å². The second-order valence-electron chi connectivity index (χ2n) is 6.90. The summed E-state index contributed by atoms with van der Waals surface area (Å²) in [6, 6.07) is 11.1. The number of ether oxygens (including phenoxy) is 2. The van der Waals surface area contributed by atoms with E-state index in [4.69, 9.17) is 21.1 Å². The van der Waals surface area contributed by atoms with E-state index in [2.05, 4.69) is 5.32 Å². The normalized spacial score (nSPS) is 12.0. The van der Waals surface area contributed by atoms with Crippen molar-refractivity contribution >= 4 is 33.2 Å². The molecule has 0 aliphatic rings. The van der Waals surface area contributed by atoms with Crippen LogP contribution in [0.3, 0.4) is 0 Å². The zero-order chi connectivity index (χ0) is 21.8. The van der Waals surface area contributed by atoms with Crippen LogP contribution in [0.1, 0.15) is 20.8 Å². The van der Waals surface area contributed by atoms with Crippen LogP contribution in [0.4, 0.5) is 5.69 Å². The van der Waals surface area contributed by atoms with Crippen LogP contribution in [-0.4, -0.2) is 44.9 Å². The summed E-state index contributed by atoms with van der Waals surface area (Å²) in [5, 5.41) is 3.26. The lowest BCUT2D eigenvalue weighted by atomic mass is 10.1. The molecule has 7 nitrogen and oxygen atoms in total. The summed E-state index contributed by atoms with van der Waals surface area (Å²) in [4.78, 5) is 12.7. The van der Waals surface area contributed by atoms with Crippen molar-refractivity contribution < 1.29 is 22.7 Å². The number of carbonyl (C=O) groups is 1. The first-order chi connectivity index (χ1) is 13.5. The number of carbonyl (C=O) groups excluding carboxylic acids is 1. The number of halogens is 1. The molecule has 29 heavy (non-hydrogen) atoms. The predicted molar refractivity (Wildman–Crippen MR) is 113 cm³/mol. The standard InChI is InChI=1S/C20H25ClN2O5S/c1-6-27-17-12-9-15(13-18(17)29(25,26)23(4)5)22-19(24)20(2,3)28-16-10-7-14(21)8-11-16/h7-13H,6H2,1-5H3,(H,22,24). The van der Waals surface area contributed by atoms with E-state index >= 15 is 0 Å². The minimum absolute atomic E-state index is 0.0291. The molecule has 0 aliphatic carbocycles. The number of nitrogens with zero attached hydrogens (tertiary/aromatic N) is 1. The number of sulfonamides is 1. The summed E-state index contributed by atoms with van der Waals surface area (Å²) in [5.74, 6) is 0.262. The number of benzene rings is 2. The van der Waals surface area contributed by atoms with Gasteiger partial charge in [-0.2, -0.15) is 0 Å². The number of amides is 1. The summed E-state index contributed by atoms with van der Waals surface area (Å²) in [6.07, 6.45) is 0. The van der Waals surface area contributed by atoms with E-state index in [1.807, 2.05) is 0 Å². The van der Waals surface area contributed by atoms with Gasteiger partial charge in [0, 0.05) is 24.8 Å². The summed E-state index contributed by atoms with van der Waals surface area (Å²) in [7, 11) is -0.903. The van der Waals surface area contributed by atoms with Crippen LogP contribution in [0.15, 0.2) is 47.4 Å². The number of hydrogen-bond acceptors (Lipinski definition) is 5. The van der Waals surface area contributed by atoms with Gasteiger partial charge in [0.2, 0.25) is 10.0 Å². The van der Waals surface area contributed by atoms with Crippen molar-refractivity contribution in [3.8, 4) is 11.5 Å². The second kappa shape index (κ2) is 9.02. The lowest BCUT2D eigenvalue weighted by molar-refractivity contribution is -0.128. The fourth-order valence-electron chi connectivity index (χ4n) is 2.38. The van der Waals surface area contributed by atoms with Gasteiger partial charge in [0.25, 0.3) is 5.91 Å². The third-order valence-electron chi connectivity index (χ3n) is 3.99. The van der Waals surface area contributed by atoms with E-state index in [9.17, 15) is 13.2 Å². The number of hydrogen-bond donors (Lipinski definition) is 1. The lowest BCUT2D eigenvalue weighted by Crippen LogP contribution is -2.42. The average molecular weight is 441 g/mol. The maximum Gasteiger partial charge on any atom is 0.267 e. The highest BCUT2D eigenvalue weighted by atomic mass is 35.5. The van der Waals surface area contributed by atoms with Gasteiger partial charge >= 0.3 is 0 Å². The van der Waals surface area contributed by atoms with Gasteiger partial charge in [0.05, 0.1) is 6.61 Å². The molecule has 2 rings (SSSR count). The molecule has 1 amide bonds. The summed E-state index contributed by atoms with van der Waals surface area (Å²) in [5.41, 5.74) is -0.904. The van der Waals surface area contributed by atoms with E-state index in [0.717, 1.165) is 4.31 Å². The first kappa shape index (κ1) is 23.0.